The van der Waals surface area contributed by atoms with E-state index in [0.717, 1.165) is 38.4 Å². The lowest BCUT2D eigenvalue weighted by Gasteiger charge is -2.14. The highest BCUT2D eigenvalue weighted by Crippen LogP contribution is 2.31. The van der Waals surface area contributed by atoms with E-state index in [9.17, 15) is 0 Å². The Morgan fingerprint density at radius 3 is 2.28 bits per heavy atom. The maximum absolute atomic E-state index is 6.42. The van der Waals surface area contributed by atoms with E-state index >= 15 is 0 Å². The maximum atomic E-state index is 6.42. The standard InChI is InChI=1S/C22H19BrClN5/c1-13-4-9-18(11-19(13)24)29-20(16-5-7-17(23)8-6-16)12-25-22(29)28-21-26-14(2)10-15(3)27-21/h4-12H,1-3H3,(H,25,26,27,28). The van der Waals surface area contributed by atoms with Crippen molar-refractivity contribution in [3.63, 3.8) is 0 Å². The van der Waals surface area contributed by atoms with E-state index in [1.807, 2.05) is 80.1 Å². The fourth-order valence-corrected chi connectivity index (χ4v) is 3.57. The fraction of sp³-hybridized carbons (Fsp3) is 0.136. The lowest BCUT2D eigenvalue weighted by molar-refractivity contribution is 1.02. The van der Waals surface area contributed by atoms with Crippen molar-refractivity contribution in [2.24, 2.45) is 0 Å². The molecule has 0 aliphatic heterocycles. The molecule has 0 atom stereocenters. The molecule has 0 saturated heterocycles. The maximum Gasteiger partial charge on any atom is 0.229 e. The van der Waals surface area contributed by atoms with Gasteiger partial charge in [-0.2, -0.15) is 0 Å². The van der Waals surface area contributed by atoms with Crippen molar-refractivity contribution in [2.45, 2.75) is 20.8 Å². The molecular weight excluding hydrogens is 450 g/mol. The van der Waals surface area contributed by atoms with E-state index in [2.05, 4.69) is 36.2 Å². The number of imidazole rings is 1. The summed E-state index contributed by atoms with van der Waals surface area (Å²) in [6, 6.07) is 16.0. The van der Waals surface area contributed by atoms with E-state index in [1.54, 1.807) is 0 Å². The third kappa shape index (κ3) is 4.18. The van der Waals surface area contributed by atoms with Gasteiger partial charge in [0.1, 0.15) is 0 Å². The Kier molecular flexibility index (Phi) is 5.39. The van der Waals surface area contributed by atoms with Crippen molar-refractivity contribution in [3.05, 3.63) is 81.2 Å². The summed E-state index contributed by atoms with van der Waals surface area (Å²) in [5.74, 6) is 1.13. The van der Waals surface area contributed by atoms with Crippen LogP contribution in [-0.4, -0.2) is 19.5 Å². The number of anilines is 2. The van der Waals surface area contributed by atoms with Crippen LogP contribution in [0.3, 0.4) is 0 Å². The number of hydrogen-bond donors (Lipinski definition) is 1. The van der Waals surface area contributed by atoms with Crippen LogP contribution in [0.1, 0.15) is 17.0 Å². The molecule has 146 valence electrons. The first kappa shape index (κ1) is 19.6. The SMILES string of the molecule is Cc1cc(C)nc(Nc2ncc(-c3ccc(Br)cc3)n2-c2ccc(C)c(Cl)c2)n1. The number of nitrogens with one attached hydrogen (secondary N) is 1. The van der Waals surface area contributed by atoms with Crippen LogP contribution in [0.25, 0.3) is 16.9 Å². The second kappa shape index (κ2) is 7.97. The molecule has 0 spiro atoms. The topological polar surface area (TPSA) is 55.6 Å². The van der Waals surface area contributed by atoms with Gasteiger partial charge in [-0.1, -0.05) is 45.7 Å². The molecule has 4 aromatic rings. The van der Waals surface area contributed by atoms with Gasteiger partial charge in [0.25, 0.3) is 0 Å². The van der Waals surface area contributed by atoms with E-state index < -0.39 is 0 Å². The van der Waals surface area contributed by atoms with Crippen molar-refractivity contribution in [1.29, 1.82) is 0 Å². The van der Waals surface area contributed by atoms with Gasteiger partial charge in [0.15, 0.2) is 0 Å². The van der Waals surface area contributed by atoms with Crippen LogP contribution in [0.2, 0.25) is 5.02 Å². The van der Waals surface area contributed by atoms with Crippen molar-refractivity contribution in [3.8, 4) is 16.9 Å². The zero-order chi connectivity index (χ0) is 20.5. The normalized spacial score (nSPS) is 10.9. The molecule has 0 amide bonds. The van der Waals surface area contributed by atoms with Crippen LogP contribution in [0.15, 0.2) is 59.2 Å². The predicted octanol–water partition coefficient (Wildman–Crippen LogP) is 6.41. The summed E-state index contributed by atoms with van der Waals surface area (Å²) in [4.78, 5) is 13.6. The third-order valence-electron chi connectivity index (χ3n) is 4.52. The molecule has 0 aliphatic rings. The van der Waals surface area contributed by atoms with Crippen LogP contribution in [0.5, 0.6) is 0 Å². The number of benzene rings is 2. The molecule has 2 heterocycles. The summed E-state index contributed by atoms with van der Waals surface area (Å²) < 4.78 is 3.04. The molecule has 0 aliphatic carbocycles. The highest BCUT2D eigenvalue weighted by molar-refractivity contribution is 9.10. The number of aryl methyl sites for hydroxylation is 3. The van der Waals surface area contributed by atoms with Crippen LogP contribution in [0, 0.1) is 20.8 Å². The summed E-state index contributed by atoms with van der Waals surface area (Å²) in [6.45, 7) is 5.87. The number of rotatable bonds is 4. The first-order valence-corrected chi connectivity index (χ1v) is 10.3. The average molecular weight is 469 g/mol. The Morgan fingerprint density at radius 1 is 0.931 bits per heavy atom. The van der Waals surface area contributed by atoms with E-state index in [0.29, 0.717) is 16.9 Å². The molecule has 4 rings (SSSR count). The Hall–Kier alpha value is -2.70. The number of aromatic nitrogens is 4. The Balaban J connectivity index is 1.86. The van der Waals surface area contributed by atoms with Gasteiger partial charge in [-0.15, -0.1) is 0 Å². The molecule has 0 bridgehead atoms. The van der Waals surface area contributed by atoms with Crippen molar-refractivity contribution in [1.82, 2.24) is 19.5 Å². The average Bonchev–Trinajstić information content (AvgIpc) is 3.07. The molecule has 0 radical (unpaired) electrons. The van der Waals surface area contributed by atoms with Gasteiger partial charge in [0.2, 0.25) is 11.9 Å². The highest BCUT2D eigenvalue weighted by Gasteiger charge is 2.16. The van der Waals surface area contributed by atoms with Gasteiger partial charge in [0, 0.05) is 26.4 Å². The summed E-state index contributed by atoms with van der Waals surface area (Å²) in [5, 5.41) is 3.97. The van der Waals surface area contributed by atoms with E-state index in [-0.39, 0.29) is 0 Å². The van der Waals surface area contributed by atoms with Crippen LogP contribution in [-0.2, 0) is 0 Å². The molecule has 2 aromatic heterocycles. The van der Waals surface area contributed by atoms with Crippen LogP contribution < -0.4 is 5.32 Å². The first-order chi connectivity index (χ1) is 13.9. The zero-order valence-corrected chi connectivity index (χ0v) is 18.6. The molecule has 2 aromatic carbocycles. The van der Waals surface area contributed by atoms with Gasteiger partial charge in [-0.3, -0.25) is 9.88 Å². The molecule has 5 nitrogen and oxygen atoms in total. The summed E-state index contributed by atoms with van der Waals surface area (Å²) in [5.41, 5.74) is 5.68. The lowest BCUT2D eigenvalue weighted by Crippen LogP contribution is -2.07. The summed E-state index contributed by atoms with van der Waals surface area (Å²) in [7, 11) is 0. The minimum atomic E-state index is 0.509. The Labute approximate surface area is 182 Å². The Bertz CT molecular complexity index is 1160. The third-order valence-corrected chi connectivity index (χ3v) is 5.46. The number of hydrogen-bond acceptors (Lipinski definition) is 4. The minimum Gasteiger partial charge on any atom is -0.294 e. The number of halogens is 2. The highest BCUT2D eigenvalue weighted by atomic mass is 79.9. The van der Waals surface area contributed by atoms with E-state index in [4.69, 9.17) is 11.6 Å². The Morgan fingerprint density at radius 2 is 1.62 bits per heavy atom. The molecule has 0 fully saturated rings. The van der Waals surface area contributed by atoms with Crippen LogP contribution >= 0.6 is 27.5 Å². The zero-order valence-electron chi connectivity index (χ0n) is 16.2. The van der Waals surface area contributed by atoms with Gasteiger partial charge >= 0.3 is 0 Å². The van der Waals surface area contributed by atoms with Gasteiger partial charge in [-0.05, 0) is 56.7 Å². The fourth-order valence-electron chi connectivity index (χ4n) is 3.13. The smallest absolute Gasteiger partial charge is 0.229 e. The van der Waals surface area contributed by atoms with Crippen molar-refractivity contribution < 1.29 is 0 Å². The molecule has 7 heteroatoms. The van der Waals surface area contributed by atoms with Gasteiger partial charge in [-0.25, -0.2) is 15.0 Å². The van der Waals surface area contributed by atoms with Gasteiger partial charge in [0.05, 0.1) is 17.6 Å². The molecule has 1 N–H and O–H groups in total. The molecular formula is C22H19BrClN5. The van der Waals surface area contributed by atoms with Crippen molar-refractivity contribution >= 4 is 39.4 Å². The summed E-state index contributed by atoms with van der Waals surface area (Å²) in [6.07, 6.45) is 1.84. The molecule has 0 saturated carbocycles. The molecule has 0 unspecified atom stereocenters. The van der Waals surface area contributed by atoms with E-state index in [1.165, 1.54) is 0 Å². The quantitative estimate of drug-likeness (QED) is 0.376. The minimum absolute atomic E-state index is 0.509. The number of nitrogens with zero attached hydrogens (tertiary/aromatic N) is 4. The largest absolute Gasteiger partial charge is 0.294 e. The van der Waals surface area contributed by atoms with Gasteiger partial charge < -0.3 is 0 Å². The molecule has 29 heavy (non-hydrogen) atoms. The lowest BCUT2D eigenvalue weighted by atomic mass is 10.1. The van der Waals surface area contributed by atoms with Crippen LogP contribution in [0.4, 0.5) is 11.9 Å². The van der Waals surface area contributed by atoms with Crippen molar-refractivity contribution in [2.75, 3.05) is 5.32 Å². The second-order valence-electron chi connectivity index (χ2n) is 6.84. The second-order valence-corrected chi connectivity index (χ2v) is 8.17. The predicted molar refractivity (Wildman–Crippen MR) is 121 cm³/mol. The summed E-state index contributed by atoms with van der Waals surface area (Å²) >= 11 is 9.91. The first-order valence-electron chi connectivity index (χ1n) is 9.10. The monoisotopic (exact) mass is 467 g/mol.